The highest BCUT2D eigenvalue weighted by molar-refractivity contribution is 4.97. The predicted molar refractivity (Wildman–Crippen MR) is 74.7 cm³/mol. The number of aliphatic hydroxyl groups excluding tert-OH is 1. The molecule has 1 fully saturated rings. The molecule has 0 aromatic carbocycles. The number of aromatic nitrogens is 2. The number of hydrogen-bond donors (Lipinski definition) is 1. The normalized spacial score (nSPS) is 32.2. The summed E-state index contributed by atoms with van der Waals surface area (Å²) in [6, 6.07) is 0. The van der Waals surface area contributed by atoms with Gasteiger partial charge >= 0.3 is 0 Å². The van der Waals surface area contributed by atoms with Crippen LogP contribution in [0.25, 0.3) is 0 Å². The van der Waals surface area contributed by atoms with E-state index in [4.69, 9.17) is 0 Å². The number of nitrogens with zero attached hydrogens (tertiary/aromatic N) is 3. The Hall–Kier alpha value is -0.870. The van der Waals surface area contributed by atoms with Crippen LogP contribution in [0.15, 0.2) is 12.4 Å². The second kappa shape index (κ2) is 5.25. The molecule has 19 heavy (non-hydrogen) atoms. The quantitative estimate of drug-likeness (QED) is 0.905. The van der Waals surface area contributed by atoms with Crippen molar-refractivity contribution in [2.24, 2.45) is 11.3 Å². The molecule has 1 aliphatic heterocycles. The van der Waals surface area contributed by atoms with Gasteiger partial charge in [-0.1, -0.05) is 19.8 Å². The summed E-state index contributed by atoms with van der Waals surface area (Å²) in [5.41, 5.74) is 0.140. The Kier molecular flexibility index (Phi) is 3.63. The van der Waals surface area contributed by atoms with Crippen LogP contribution in [0.3, 0.4) is 0 Å². The summed E-state index contributed by atoms with van der Waals surface area (Å²) in [6.07, 6.45) is 8.84. The van der Waals surface area contributed by atoms with E-state index in [-0.39, 0.29) is 5.41 Å². The van der Waals surface area contributed by atoms with Crippen LogP contribution in [-0.2, 0) is 13.1 Å². The van der Waals surface area contributed by atoms with E-state index in [2.05, 4.69) is 27.6 Å². The number of hydrogen-bond acceptors (Lipinski definition) is 3. The molecule has 2 aliphatic rings. The van der Waals surface area contributed by atoms with Crippen molar-refractivity contribution in [3.8, 4) is 0 Å². The standard InChI is InChI=1S/C15H25N3O/c1-13-2-4-15(12-19,5-3-13)11-17-8-9-18-7-6-16-14(18)10-17/h6-7,13,19H,2-5,8-12H2,1H3. The topological polar surface area (TPSA) is 41.3 Å². The summed E-state index contributed by atoms with van der Waals surface area (Å²) in [4.78, 5) is 6.90. The molecule has 0 saturated heterocycles. The molecular weight excluding hydrogens is 238 g/mol. The molecule has 0 spiro atoms. The molecule has 4 heteroatoms. The molecule has 3 rings (SSSR count). The minimum atomic E-state index is 0.140. The zero-order chi connectivity index (χ0) is 13.3. The van der Waals surface area contributed by atoms with Crippen LogP contribution in [0.4, 0.5) is 0 Å². The van der Waals surface area contributed by atoms with Gasteiger partial charge in [-0.25, -0.2) is 4.98 Å². The molecule has 106 valence electrons. The van der Waals surface area contributed by atoms with Crippen LogP contribution < -0.4 is 0 Å². The first kappa shape index (κ1) is 13.1. The number of fused-ring (bicyclic) bond motifs is 1. The zero-order valence-electron chi connectivity index (χ0n) is 11.9. The predicted octanol–water partition coefficient (Wildman–Crippen LogP) is 1.89. The van der Waals surface area contributed by atoms with E-state index in [0.717, 1.165) is 32.1 Å². The van der Waals surface area contributed by atoms with Crippen LogP contribution in [0.1, 0.15) is 38.4 Å². The first-order chi connectivity index (χ1) is 9.21. The van der Waals surface area contributed by atoms with Crippen molar-refractivity contribution in [3.05, 3.63) is 18.2 Å². The average molecular weight is 263 g/mol. The molecule has 0 amide bonds. The molecule has 0 bridgehead atoms. The van der Waals surface area contributed by atoms with Crippen LogP contribution in [-0.4, -0.2) is 39.3 Å². The van der Waals surface area contributed by atoms with Gasteiger partial charge in [-0.3, -0.25) is 4.90 Å². The first-order valence-corrected chi connectivity index (χ1v) is 7.54. The molecular formula is C15H25N3O. The van der Waals surface area contributed by atoms with Gasteiger partial charge in [0.05, 0.1) is 6.54 Å². The van der Waals surface area contributed by atoms with Crippen LogP contribution in [0, 0.1) is 11.3 Å². The molecule has 0 radical (unpaired) electrons. The monoisotopic (exact) mass is 263 g/mol. The third kappa shape index (κ3) is 2.70. The van der Waals surface area contributed by atoms with Gasteiger partial charge in [0.15, 0.2) is 0 Å². The third-order valence-electron chi connectivity index (χ3n) is 5.05. The highest BCUT2D eigenvalue weighted by Crippen LogP contribution is 2.39. The van der Waals surface area contributed by atoms with Crippen LogP contribution in [0.5, 0.6) is 0 Å². The van der Waals surface area contributed by atoms with Gasteiger partial charge in [-0.15, -0.1) is 0 Å². The summed E-state index contributed by atoms with van der Waals surface area (Å²) in [7, 11) is 0. The van der Waals surface area contributed by atoms with Crippen molar-refractivity contribution >= 4 is 0 Å². The fraction of sp³-hybridized carbons (Fsp3) is 0.800. The molecule has 1 aromatic heterocycles. The molecule has 1 aliphatic carbocycles. The van der Waals surface area contributed by atoms with Gasteiger partial charge in [0, 0.05) is 44.0 Å². The minimum absolute atomic E-state index is 0.140. The van der Waals surface area contributed by atoms with Gasteiger partial charge in [0.1, 0.15) is 5.82 Å². The second-order valence-electron chi connectivity index (χ2n) is 6.59. The Morgan fingerprint density at radius 1 is 1.37 bits per heavy atom. The maximum Gasteiger partial charge on any atom is 0.122 e. The average Bonchev–Trinajstić information content (AvgIpc) is 2.89. The maximum atomic E-state index is 9.87. The number of rotatable bonds is 3. The Morgan fingerprint density at radius 2 is 2.16 bits per heavy atom. The summed E-state index contributed by atoms with van der Waals surface area (Å²) in [6.45, 7) is 6.75. The highest BCUT2D eigenvalue weighted by atomic mass is 16.3. The van der Waals surface area contributed by atoms with E-state index in [1.54, 1.807) is 0 Å². The number of aliphatic hydroxyl groups is 1. The SMILES string of the molecule is CC1CCC(CO)(CN2CCn3ccnc3C2)CC1. The van der Waals surface area contributed by atoms with Crippen LogP contribution in [0.2, 0.25) is 0 Å². The Labute approximate surface area is 115 Å². The van der Waals surface area contributed by atoms with E-state index in [1.165, 1.54) is 31.5 Å². The van der Waals surface area contributed by atoms with Gasteiger partial charge < -0.3 is 9.67 Å². The summed E-state index contributed by atoms with van der Waals surface area (Å²) < 4.78 is 2.24. The van der Waals surface area contributed by atoms with Crippen LogP contribution >= 0.6 is 0 Å². The van der Waals surface area contributed by atoms with Gasteiger partial charge in [-0.2, -0.15) is 0 Å². The van der Waals surface area contributed by atoms with Gasteiger partial charge in [-0.05, 0) is 18.8 Å². The van der Waals surface area contributed by atoms with E-state index in [0.29, 0.717) is 6.61 Å². The van der Waals surface area contributed by atoms with Crippen molar-refractivity contribution in [3.63, 3.8) is 0 Å². The lowest BCUT2D eigenvalue weighted by atomic mass is 9.71. The summed E-state index contributed by atoms with van der Waals surface area (Å²) >= 11 is 0. The van der Waals surface area contributed by atoms with E-state index >= 15 is 0 Å². The van der Waals surface area contributed by atoms with Crippen molar-refractivity contribution in [2.45, 2.75) is 45.7 Å². The summed E-state index contributed by atoms with van der Waals surface area (Å²) in [5.74, 6) is 2.00. The first-order valence-electron chi connectivity index (χ1n) is 7.54. The largest absolute Gasteiger partial charge is 0.396 e. The van der Waals surface area contributed by atoms with Crippen molar-refractivity contribution in [2.75, 3.05) is 19.7 Å². The van der Waals surface area contributed by atoms with Crippen molar-refractivity contribution in [1.82, 2.24) is 14.5 Å². The van der Waals surface area contributed by atoms with E-state index in [1.807, 2.05) is 6.20 Å². The zero-order valence-corrected chi connectivity index (χ0v) is 11.9. The fourth-order valence-electron chi connectivity index (χ4n) is 3.57. The Bertz CT molecular complexity index is 421. The molecule has 1 N–H and O–H groups in total. The lowest BCUT2D eigenvalue weighted by Crippen LogP contribution is -2.45. The van der Waals surface area contributed by atoms with Crippen molar-refractivity contribution in [1.29, 1.82) is 0 Å². The molecule has 4 nitrogen and oxygen atoms in total. The van der Waals surface area contributed by atoms with E-state index < -0.39 is 0 Å². The van der Waals surface area contributed by atoms with E-state index in [9.17, 15) is 5.11 Å². The smallest absolute Gasteiger partial charge is 0.122 e. The highest BCUT2D eigenvalue weighted by Gasteiger charge is 2.36. The second-order valence-corrected chi connectivity index (χ2v) is 6.59. The molecule has 2 heterocycles. The molecule has 1 saturated carbocycles. The molecule has 1 aromatic rings. The Morgan fingerprint density at radius 3 is 2.89 bits per heavy atom. The fourth-order valence-corrected chi connectivity index (χ4v) is 3.57. The third-order valence-corrected chi connectivity index (χ3v) is 5.05. The lowest BCUT2D eigenvalue weighted by Gasteiger charge is -2.42. The maximum absolute atomic E-state index is 9.87. The summed E-state index contributed by atoms with van der Waals surface area (Å²) in [5, 5.41) is 9.87. The Balaban J connectivity index is 1.64. The molecule has 0 atom stereocenters. The number of imidazole rings is 1. The van der Waals surface area contributed by atoms with Gasteiger partial charge in [0.2, 0.25) is 0 Å². The molecule has 0 unspecified atom stereocenters. The minimum Gasteiger partial charge on any atom is -0.396 e. The van der Waals surface area contributed by atoms with Gasteiger partial charge in [0.25, 0.3) is 0 Å². The lowest BCUT2D eigenvalue weighted by molar-refractivity contribution is 0.0209. The van der Waals surface area contributed by atoms with Crippen molar-refractivity contribution < 1.29 is 5.11 Å².